The summed E-state index contributed by atoms with van der Waals surface area (Å²) in [5, 5.41) is 23.9. The van der Waals surface area contributed by atoms with E-state index >= 15 is 0 Å². The first kappa shape index (κ1) is 18.7. The van der Waals surface area contributed by atoms with E-state index in [1.54, 1.807) is 12.3 Å². The molecule has 0 bridgehead atoms. The number of hydrogen-bond acceptors (Lipinski definition) is 7. The first-order chi connectivity index (χ1) is 15.0. The van der Waals surface area contributed by atoms with E-state index in [4.69, 9.17) is 10.5 Å². The molecule has 158 valence electrons. The predicted molar refractivity (Wildman–Crippen MR) is 115 cm³/mol. The summed E-state index contributed by atoms with van der Waals surface area (Å²) in [5.41, 5.74) is 7.92. The fraction of sp³-hybridized carbons (Fsp3) is 0.348. The zero-order valence-corrected chi connectivity index (χ0v) is 16.8. The van der Waals surface area contributed by atoms with Gasteiger partial charge in [0.05, 0.1) is 30.4 Å². The van der Waals surface area contributed by atoms with Crippen LogP contribution in [-0.2, 0) is 4.74 Å². The highest BCUT2D eigenvalue weighted by Gasteiger charge is 2.57. The van der Waals surface area contributed by atoms with Crippen LogP contribution in [0.3, 0.4) is 0 Å². The van der Waals surface area contributed by atoms with Crippen molar-refractivity contribution >= 4 is 27.8 Å². The van der Waals surface area contributed by atoms with Crippen molar-refractivity contribution in [2.24, 2.45) is 5.41 Å². The van der Waals surface area contributed by atoms with Gasteiger partial charge in [0, 0.05) is 28.6 Å². The summed E-state index contributed by atoms with van der Waals surface area (Å²) >= 11 is 0. The Labute approximate surface area is 178 Å². The number of rotatable bonds is 2. The average molecular weight is 417 g/mol. The molecule has 3 aromatic heterocycles. The number of benzene rings is 1. The first-order valence-corrected chi connectivity index (χ1v) is 10.4. The van der Waals surface area contributed by atoms with E-state index in [1.807, 2.05) is 41.1 Å². The monoisotopic (exact) mass is 417 g/mol. The smallest absolute Gasteiger partial charge is 0.143 e. The largest absolute Gasteiger partial charge is 0.390 e. The predicted octanol–water partition coefficient (Wildman–Crippen LogP) is 2.38. The summed E-state index contributed by atoms with van der Waals surface area (Å²) in [6.45, 7) is 0.392. The molecule has 1 saturated heterocycles. The minimum atomic E-state index is -0.897. The highest BCUT2D eigenvalue weighted by Crippen LogP contribution is 2.54. The van der Waals surface area contributed by atoms with E-state index in [0.29, 0.717) is 25.3 Å². The van der Waals surface area contributed by atoms with Gasteiger partial charge in [-0.05, 0) is 42.7 Å². The van der Waals surface area contributed by atoms with Gasteiger partial charge in [0.15, 0.2) is 0 Å². The van der Waals surface area contributed by atoms with Crippen LogP contribution in [0.2, 0.25) is 0 Å². The van der Waals surface area contributed by atoms with Crippen LogP contribution in [0.15, 0.2) is 55.1 Å². The zero-order valence-electron chi connectivity index (χ0n) is 16.8. The van der Waals surface area contributed by atoms with Crippen molar-refractivity contribution < 1.29 is 14.9 Å². The molecule has 1 spiro atoms. The number of anilines is 1. The molecule has 31 heavy (non-hydrogen) atoms. The van der Waals surface area contributed by atoms with Crippen molar-refractivity contribution in [3.63, 3.8) is 0 Å². The van der Waals surface area contributed by atoms with Crippen LogP contribution in [0.1, 0.15) is 30.6 Å². The molecule has 1 aromatic carbocycles. The molecule has 5 atom stereocenters. The van der Waals surface area contributed by atoms with Crippen molar-refractivity contribution in [2.45, 2.75) is 37.2 Å². The minimum absolute atomic E-state index is 0.169. The normalized spacial score (nSPS) is 30.6. The van der Waals surface area contributed by atoms with Gasteiger partial charge in [-0.1, -0.05) is 12.1 Å². The number of aromatic nitrogens is 4. The van der Waals surface area contributed by atoms with Gasteiger partial charge in [0.2, 0.25) is 0 Å². The Kier molecular flexibility index (Phi) is 4.05. The SMILES string of the molecule is Nc1ccc2ccc(C3CC4(CO3)CC(n3ccc5cncnc53)C(O)C4O)cc2n1. The Hall–Kier alpha value is -3.07. The van der Waals surface area contributed by atoms with E-state index in [0.717, 1.165) is 27.5 Å². The van der Waals surface area contributed by atoms with E-state index in [9.17, 15) is 10.2 Å². The number of pyridine rings is 1. The van der Waals surface area contributed by atoms with Gasteiger partial charge in [-0.3, -0.25) is 0 Å². The molecule has 4 N–H and O–H groups in total. The standard InChI is InChI=1S/C23H23N5O3/c24-19-4-3-13-1-2-14(7-16(13)27-19)18-9-23(11-31-18)8-17(20(29)21(23)30)28-6-5-15-10-25-12-26-22(15)28/h1-7,10,12,17-18,20-21,29-30H,8-9,11H2,(H2,24,27). The molecule has 1 saturated carbocycles. The lowest BCUT2D eigenvalue weighted by Crippen LogP contribution is -2.37. The average Bonchev–Trinajstić information content (AvgIpc) is 3.47. The second-order valence-electron chi connectivity index (χ2n) is 8.79. The lowest BCUT2D eigenvalue weighted by molar-refractivity contribution is -0.0309. The van der Waals surface area contributed by atoms with Crippen LogP contribution in [0, 0.1) is 5.41 Å². The van der Waals surface area contributed by atoms with Gasteiger partial charge in [-0.25, -0.2) is 15.0 Å². The molecule has 1 aliphatic heterocycles. The summed E-state index contributed by atoms with van der Waals surface area (Å²) in [6.07, 6.45) is 4.45. The van der Waals surface area contributed by atoms with Crippen molar-refractivity contribution in [3.8, 4) is 0 Å². The number of fused-ring (bicyclic) bond motifs is 2. The Morgan fingerprint density at radius 2 is 1.97 bits per heavy atom. The maximum Gasteiger partial charge on any atom is 0.143 e. The second kappa shape index (κ2) is 6.71. The number of ether oxygens (including phenoxy) is 1. The summed E-state index contributed by atoms with van der Waals surface area (Å²) in [5.74, 6) is 0.480. The molecular weight excluding hydrogens is 394 g/mol. The Bertz CT molecular complexity index is 1290. The Morgan fingerprint density at radius 3 is 2.87 bits per heavy atom. The summed E-state index contributed by atoms with van der Waals surface area (Å²) in [4.78, 5) is 12.8. The molecule has 2 aliphatic rings. The van der Waals surface area contributed by atoms with E-state index in [1.165, 1.54) is 6.33 Å². The summed E-state index contributed by atoms with van der Waals surface area (Å²) in [6, 6.07) is 11.4. The molecular formula is C23H23N5O3. The molecule has 1 aliphatic carbocycles. The van der Waals surface area contributed by atoms with Crippen LogP contribution in [0.5, 0.6) is 0 Å². The lowest BCUT2D eigenvalue weighted by atomic mass is 9.80. The lowest BCUT2D eigenvalue weighted by Gasteiger charge is -2.26. The van der Waals surface area contributed by atoms with Crippen LogP contribution >= 0.6 is 0 Å². The highest BCUT2D eigenvalue weighted by molar-refractivity contribution is 5.80. The molecule has 8 nitrogen and oxygen atoms in total. The van der Waals surface area contributed by atoms with Gasteiger partial charge < -0.3 is 25.3 Å². The van der Waals surface area contributed by atoms with Crippen molar-refractivity contribution in [3.05, 3.63) is 60.7 Å². The minimum Gasteiger partial charge on any atom is -0.390 e. The molecule has 0 amide bonds. The third-order valence-corrected chi connectivity index (χ3v) is 6.97. The van der Waals surface area contributed by atoms with Crippen LogP contribution in [0.4, 0.5) is 5.82 Å². The van der Waals surface area contributed by atoms with Gasteiger partial charge in [0.1, 0.15) is 23.9 Å². The van der Waals surface area contributed by atoms with E-state index in [2.05, 4.69) is 15.0 Å². The molecule has 4 heterocycles. The maximum absolute atomic E-state index is 11.1. The Balaban J connectivity index is 1.30. The fourth-order valence-electron chi connectivity index (χ4n) is 5.33. The van der Waals surface area contributed by atoms with Gasteiger partial charge in [0.25, 0.3) is 0 Å². The third kappa shape index (κ3) is 2.83. The van der Waals surface area contributed by atoms with Crippen molar-refractivity contribution in [1.82, 2.24) is 19.5 Å². The van der Waals surface area contributed by atoms with Crippen LogP contribution < -0.4 is 5.73 Å². The molecule has 2 fully saturated rings. The van der Waals surface area contributed by atoms with Crippen LogP contribution in [-0.4, -0.2) is 48.5 Å². The number of aliphatic hydroxyl groups is 2. The summed E-state index contributed by atoms with van der Waals surface area (Å²) < 4.78 is 8.12. The molecule has 4 aromatic rings. The molecule has 6 rings (SSSR count). The third-order valence-electron chi connectivity index (χ3n) is 6.97. The van der Waals surface area contributed by atoms with E-state index in [-0.39, 0.29) is 12.1 Å². The van der Waals surface area contributed by atoms with Gasteiger partial charge in [-0.2, -0.15) is 0 Å². The first-order valence-electron chi connectivity index (χ1n) is 10.4. The van der Waals surface area contributed by atoms with Crippen molar-refractivity contribution in [1.29, 1.82) is 0 Å². The molecule has 8 heteroatoms. The van der Waals surface area contributed by atoms with Gasteiger partial charge in [-0.15, -0.1) is 0 Å². The number of hydrogen-bond donors (Lipinski definition) is 3. The quantitative estimate of drug-likeness (QED) is 0.458. The van der Waals surface area contributed by atoms with Crippen molar-refractivity contribution in [2.75, 3.05) is 12.3 Å². The highest BCUT2D eigenvalue weighted by atomic mass is 16.5. The van der Waals surface area contributed by atoms with Crippen LogP contribution in [0.25, 0.3) is 21.9 Å². The Morgan fingerprint density at radius 1 is 1.10 bits per heavy atom. The molecule has 5 unspecified atom stereocenters. The number of aliphatic hydroxyl groups excluding tert-OH is 2. The molecule has 0 radical (unpaired) electrons. The second-order valence-corrected chi connectivity index (χ2v) is 8.79. The van der Waals surface area contributed by atoms with Gasteiger partial charge >= 0.3 is 0 Å². The maximum atomic E-state index is 11.1. The number of nitrogen functional groups attached to an aromatic ring is 1. The number of nitrogens with two attached hydrogens (primary N) is 1. The number of nitrogens with zero attached hydrogens (tertiary/aromatic N) is 4. The zero-order chi connectivity index (χ0) is 21.2. The topological polar surface area (TPSA) is 119 Å². The summed E-state index contributed by atoms with van der Waals surface area (Å²) in [7, 11) is 0. The van der Waals surface area contributed by atoms with E-state index < -0.39 is 17.6 Å². The fourth-order valence-corrected chi connectivity index (χ4v) is 5.33.